The lowest BCUT2D eigenvalue weighted by Gasteiger charge is -2.13. The fraction of sp³-hybridized carbons (Fsp3) is 0.750. The van der Waals surface area contributed by atoms with Gasteiger partial charge in [-0.15, -0.1) is 11.6 Å². The van der Waals surface area contributed by atoms with Gasteiger partial charge in [0.2, 0.25) is 0 Å². The Morgan fingerprint density at radius 1 is 1.47 bits per heavy atom. The van der Waals surface area contributed by atoms with E-state index in [0.29, 0.717) is 6.04 Å². The van der Waals surface area contributed by atoms with Crippen LogP contribution in [-0.4, -0.2) is 21.7 Å². The van der Waals surface area contributed by atoms with E-state index in [1.165, 1.54) is 0 Å². The van der Waals surface area contributed by atoms with E-state index in [-0.39, 0.29) is 0 Å². The minimum Gasteiger partial charge on any atom is -0.309 e. The van der Waals surface area contributed by atoms with Crippen molar-refractivity contribution in [3.05, 3.63) is 16.4 Å². The summed E-state index contributed by atoms with van der Waals surface area (Å²) in [5, 5.41) is 8.64. The second-order valence-corrected chi connectivity index (χ2v) is 5.05. The van der Waals surface area contributed by atoms with E-state index < -0.39 is 0 Å². The van der Waals surface area contributed by atoms with Crippen LogP contribution in [0.15, 0.2) is 0 Å². The summed E-state index contributed by atoms with van der Waals surface area (Å²) in [6, 6.07) is 0.449. The summed E-state index contributed by atoms with van der Waals surface area (Å²) in [6.07, 6.45) is 2.99. The highest BCUT2D eigenvalue weighted by Crippen LogP contribution is 2.20. The van der Waals surface area contributed by atoms with Gasteiger partial charge in [0.05, 0.1) is 16.4 Å². The molecule has 1 unspecified atom stereocenters. The van der Waals surface area contributed by atoms with Crippen molar-refractivity contribution in [3.8, 4) is 0 Å². The van der Waals surface area contributed by atoms with Crippen molar-refractivity contribution in [2.75, 3.05) is 5.88 Å². The molecule has 1 N–H and O–H groups in total. The first-order valence-electron chi connectivity index (χ1n) is 6.09. The highest BCUT2D eigenvalue weighted by Gasteiger charge is 2.13. The molecule has 5 heteroatoms. The van der Waals surface area contributed by atoms with E-state index in [1.807, 2.05) is 11.7 Å². The first-order valence-corrected chi connectivity index (χ1v) is 7.01. The topological polar surface area (TPSA) is 29.9 Å². The average molecular weight is 278 g/mol. The molecular weight excluding hydrogens is 257 g/mol. The Morgan fingerprint density at radius 3 is 2.71 bits per heavy atom. The Labute approximate surface area is 113 Å². The van der Waals surface area contributed by atoms with Gasteiger partial charge >= 0.3 is 0 Å². The highest BCUT2D eigenvalue weighted by molar-refractivity contribution is 6.31. The maximum absolute atomic E-state index is 6.27. The lowest BCUT2D eigenvalue weighted by atomic mass is 10.2. The van der Waals surface area contributed by atoms with Crippen LogP contribution in [0.5, 0.6) is 0 Å². The maximum Gasteiger partial charge on any atom is 0.0863 e. The number of nitrogens with zero attached hydrogens (tertiary/aromatic N) is 2. The van der Waals surface area contributed by atoms with Gasteiger partial charge in [0.15, 0.2) is 0 Å². The number of aryl methyl sites for hydroxylation is 2. The van der Waals surface area contributed by atoms with Crippen LogP contribution < -0.4 is 5.32 Å². The molecule has 0 radical (unpaired) electrons. The van der Waals surface area contributed by atoms with E-state index in [2.05, 4.69) is 24.3 Å². The van der Waals surface area contributed by atoms with E-state index >= 15 is 0 Å². The quantitative estimate of drug-likeness (QED) is 0.776. The predicted molar refractivity (Wildman–Crippen MR) is 73.9 cm³/mol. The van der Waals surface area contributed by atoms with Crippen molar-refractivity contribution in [1.82, 2.24) is 15.1 Å². The fourth-order valence-corrected chi connectivity index (χ4v) is 2.28. The van der Waals surface area contributed by atoms with Gasteiger partial charge in [0.1, 0.15) is 0 Å². The average Bonchev–Trinajstić information content (AvgIpc) is 2.59. The van der Waals surface area contributed by atoms with Crippen molar-refractivity contribution >= 4 is 23.2 Å². The zero-order valence-electron chi connectivity index (χ0n) is 10.8. The molecule has 0 aromatic carbocycles. The van der Waals surface area contributed by atoms with Crippen molar-refractivity contribution in [1.29, 1.82) is 0 Å². The summed E-state index contributed by atoms with van der Waals surface area (Å²) in [4.78, 5) is 0. The van der Waals surface area contributed by atoms with Crippen LogP contribution in [0.3, 0.4) is 0 Å². The van der Waals surface area contributed by atoms with Gasteiger partial charge in [-0.2, -0.15) is 5.10 Å². The second-order valence-electron chi connectivity index (χ2n) is 4.30. The normalized spacial score (nSPS) is 13.0. The standard InChI is InChI=1S/C12H21Cl2N3/c1-4-10-12(14)11(17(3)16-10)8-15-9(2)6-5-7-13/h9,15H,4-8H2,1-3H3. The lowest BCUT2D eigenvalue weighted by Crippen LogP contribution is -2.26. The Balaban J connectivity index is 2.54. The molecule has 0 saturated carbocycles. The zero-order valence-corrected chi connectivity index (χ0v) is 12.3. The molecule has 1 heterocycles. The molecule has 1 aromatic heterocycles. The van der Waals surface area contributed by atoms with Crippen LogP contribution in [0, 0.1) is 0 Å². The Kier molecular flexibility index (Phi) is 6.31. The summed E-state index contributed by atoms with van der Waals surface area (Å²) in [6.45, 7) is 4.98. The molecule has 1 atom stereocenters. The summed E-state index contributed by atoms with van der Waals surface area (Å²) in [5.41, 5.74) is 2.03. The van der Waals surface area contributed by atoms with Gasteiger partial charge in [-0.1, -0.05) is 18.5 Å². The number of hydrogen-bond acceptors (Lipinski definition) is 2. The van der Waals surface area contributed by atoms with Crippen molar-refractivity contribution < 1.29 is 0 Å². The number of rotatable bonds is 7. The third-order valence-corrected chi connectivity index (χ3v) is 3.60. The Morgan fingerprint density at radius 2 is 2.18 bits per heavy atom. The van der Waals surface area contributed by atoms with Gasteiger partial charge in [-0.25, -0.2) is 0 Å². The molecule has 0 amide bonds. The molecule has 1 aromatic rings. The number of alkyl halides is 1. The molecule has 98 valence electrons. The number of aromatic nitrogens is 2. The molecule has 0 fully saturated rings. The fourth-order valence-electron chi connectivity index (χ4n) is 1.77. The lowest BCUT2D eigenvalue weighted by molar-refractivity contribution is 0.496. The van der Waals surface area contributed by atoms with Gasteiger partial charge < -0.3 is 5.32 Å². The van der Waals surface area contributed by atoms with Crippen LogP contribution in [0.25, 0.3) is 0 Å². The molecule has 0 saturated heterocycles. The Bertz CT molecular complexity index is 350. The van der Waals surface area contributed by atoms with Gasteiger partial charge in [-0.3, -0.25) is 4.68 Å². The van der Waals surface area contributed by atoms with Crippen LogP contribution in [-0.2, 0) is 20.0 Å². The molecule has 1 rings (SSSR count). The smallest absolute Gasteiger partial charge is 0.0863 e. The summed E-state index contributed by atoms with van der Waals surface area (Å²) < 4.78 is 1.86. The third kappa shape index (κ3) is 4.16. The summed E-state index contributed by atoms with van der Waals surface area (Å²) in [7, 11) is 1.94. The molecule has 3 nitrogen and oxygen atoms in total. The van der Waals surface area contributed by atoms with Gasteiger partial charge in [-0.05, 0) is 26.2 Å². The first-order chi connectivity index (χ1) is 8.10. The molecular formula is C12H21Cl2N3. The van der Waals surface area contributed by atoms with Gasteiger partial charge in [0.25, 0.3) is 0 Å². The van der Waals surface area contributed by atoms with Crippen molar-refractivity contribution in [2.24, 2.45) is 7.05 Å². The predicted octanol–water partition coefficient (Wildman–Crippen LogP) is 3.13. The zero-order chi connectivity index (χ0) is 12.8. The molecule has 0 aliphatic carbocycles. The molecule has 0 aliphatic heterocycles. The van der Waals surface area contributed by atoms with E-state index in [9.17, 15) is 0 Å². The molecule has 0 bridgehead atoms. The number of halogens is 2. The van der Waals surface area contributed by atoms with Crippen molar-refractivity contribution in [2.45, 2.75) is 45.7 Å². The van der Waals surface area contributed by atoms with Crippen LogP contribution >= 0.6 is 23.2 Å². The molecule has 0 aliphatic rings. The minimum absolute atomic E-state index is 0.449. The molecule has 17 heavy (non-hydrogen) atoms. The maximum atomic E-state index is 6.27. The van der Waals surface area contributed by atoms with Crippen LogP contribution in [0.4, 0.5) is 0 Å². The number of hydrogen-bond donors (Lipinski definition) is 1. The highest BCUT2D eigenvalue weighted by atomic mass is 35.5. The summed E-state index contributed by atoms with van der Waals surface area (Å²) >= 11 is 11.9. The van der Waals surface area contributed by atoms with E-state index in [4.69, 9.17) is 23.2 Å². The summed E-state index contributed by atoms with van der Waals surface area (Å²) in [5.74, 6) is 0.721. The first kappa shape index (κ1) is 14.8. The monoisotopic (exact) mass is 277 g/mol. The largest absolute Gasteiger partial charge is 0.309 e. The molecule has 0 spiro atoms. The van der Waals surface area contributed by atoms with E-state index in [1.54, 1.807) is 0 Å². The SMILES string of the molecule is CCc1nn(C)c(CNC(C)CCCCl)c1Cl. The third-order valence-electron chi connectivity index (χ3n) is 2.89. The van der Waals surface area contributed by atoms with Crippen LogP contribution in [0.1, 0.15) is 38.1 Å². The van der Waals surface area contributed by atoms with E-state index in [0.717, 1.165) is 48.1 Å². The number of nitrogens with one attached hydrogen (secondary N) is 1. The van der Waals surface area contributed by atoms with Crippen molar-refractivity contribution in [3.63, 3.8) is 0 Å². The second kappa shape index (κ2) is 7.24. The minimum atomic E-state index is 0.449. The van der Waals surface area contributed by atoms with Crippen LogP contribution in [0.2, 0.25) is 5.02 Å². The van der Waals surface area contributed by atoms with Gasteiger partial charge in [0, 0.05) is 25.5 Å². The Hall–Kier alpha value is -0.250.